The molecule has 0 bridgehead atoms. The monoisotopic (exact) mass is 290 g/mol. The number of rotatable bonds is 1. The fourth-order valence-corrected chi connectivity index (χ4v) is 2.87. The quantitative estimate of drug-likeness (QED) is 0.487. The van der Waals surface area contributed by atoms with Crippen molar-refractivity contribution >= 4 is 32.7 Å². The molecule has 0 fully saturated rings. The zero-order valence-corrected chi connectivity index (χ0v) is 12.3. The van der Waals surface area contributed by atoms with Crippen LogP contribution in [-0.2, 0) is 0 Å². The van der Waals surface area contributed by atoms with Gasteiger partial charge in [-0.2, -0.15) is 0 Å². The number of fused-ring (bicyclic) bond motifs is 3. The van der Waals surface area contributed by atoms with Crippen LogP contribution >= 0.6 is 0 Å². The van der Waals surface area contributed by atoms with Gasteiger partial charge in [0.15, 0.2) is 11.3 Å². The predicted octanol–water partition coefficient (Wildman–Crippen LogP) is 4.42. The van der Waals surface area contributed by atoms with Crippen LogP contribution in [0.25, 0.3) is 32.7 Å². The van der Waals surface area contributed by atoms with Crippen molar-refractivity contribution < 1.29 is 9.15 Å². The van der Waals surface area contributed by atoms with E-state index in [4.69, 9.17) is 9.15 Å². The first-order valence-electron chi connectivity index (χ1n) is 7.11. The Hall–Kier alpha value is -2.81. The first kappa shape index (κ1) is 12.9. The van der Waals surface area contributed by atoms with Crippen LogP contribution in [0.5, 0.6) is 5.75 Å². The molecule has 1 heterocycles. The van der Waals surface area contributed by atoms with E-state index in [1.54, 1.807) is 25.3 Å². The molecule has 4 aromatic rings. The Balaban J connectivity index is 2.22. The van der Waals surface area contributed by atoms with Gasteiger partial charge in [-0.25, -0.2) is 0 Å². The molecule has 0 saturated heterocycles. The minimum atomic E-state index is -0.0291. The van der Waals surface area contributed by atoms with Crippen molar-refractivity contribution in [2.24, 2.45) is 0 Å². The van der Waals surface area contributed by atoms with E-state index in [-0.39, 0.29) is 5.43 Å². The smallest absolute Gasteiger partial charge is 0.200 e. The molecule has 0 atom stereocenters. The average molecular weight is 290 g/mol. The largest absolute Gasteiger partial charge is 0.493 e. The summed E-state index contributed by atoms with van der Waals surface area (Å²) < 4.78 is 11.3. The fourth-order valence-electron chi connectivity index (χ4n) is 2.87. The highest BCUT2D eigenvalue weighted by atomic mass is 16.5. The molecule has 1 aromatic heterocycles. The summed E-state index contributed by atoms with van der Waals surface area (Å²) in [6, 6.07) is 15.3. The second-order valence-corrected chi connectivity index (χ2v) is 5.47. The van der Waals surface area contributed by atoms with E-state index < -0.39 is 0 Å². The van der Waals surface area contributed by atoms with Gasteiger partial charge in [-0.15, -0.1) is 0 Å². The summed E-state index contributed by atoms with van der Waals surface area (Å²) in [5.74, 6) is 0.570. The van der Waals surface area contributed by atoms with Gasteiger partial charge in [0.1, 0.15) is 5.58 Å². The molecular weight excluding hydrogens is 276 g/mol. The minimum Gasteiger partial charge on any atom is -0.493 e. The van der Waals surface area contributed by atoms with E-state index in [2.05, 4.69) is 6.07 Å². The number of aryl methyl sites for hydroxylation is 1. The highest BCUT2D eigenvalue weighted by Crippen LogP contribution is 2.29. The van der Waals surface area contributed by atoms with Crippen molar-refractivity contribution in [2.45, 2.75) is 6.92 Å². The van der Waals surface area contributed by atoms with Crippen LogP contribution in [0, 0.1) is 6.92 Å². The SMILES string of the molecule is COc1cccc2c(=O)c3cc4cc(C)ccc4cc3oc12. The molecule has 3 nitrogen and oxygen atoms in total. The van der Waals surface area contributed by atoms with E-state index in [1.165, 1.54) is 5.56 Å². The first-order valence-corrected chi connectivity index (χ1v) is 7.11. The Bertz CT molecular complexity index is 1090. The van der Waals surface area contributed by atoms with Gasteiger partial charge < -0.3 is 9.15 Å². The molecule has 0 amide bonds. The molecular formula is C19H14O3. The second kappa shape index (κ2) is 4.60. The Morgan fingerprint density at radius 1 is 0.955 bits per heavy atom. The molecule has 0 unspecified atom stereocenters. The number of hydrogen-bond acceptors (Lipinski definition) is 3. The Labute approximate surface area is 126 Å². The zero-order chi connectivity index (χ0) is 15.3. The molecule has 0 aliphatic heterocycles. The van der Waals surface area contributed by atoms with Crippen molar-refractivity contribution in [3.8, 4) is 5.75 Å². The lowest BCUT2D eigenvalue weighted by Crippen LogP contribution is -2.02. The van der Waals surface area contributed by atoms with Crippen molar-refractivity contribution in [1.82, 2.24) is 0 Å². The van der Waals surface area contributed by atoms with E-state index in [0.717, 1.165) is 10.8 Å². The number of ether oxygens (including phenoxy) is 1. The van der Waals surface area contributed by atoms with Crippen molar-refractivity contribution in [2.75, 3.05) is 7.11 Å². The topological polar surface area (TPSA) is 39.4 Å². The van der Waals surface area contributed by atoms with Crippen LogP contribution in [0.15, 0.2) is 57.7 Å². The van der Waals surface area contributed by atoms with Crippen molar-refractivity contribution in [3.05, 3.63) is 64.3 Å². The maximum Gasteiger partial charge on any atom is 0.200 e. The maximum atomic E-state index is 12.8. The second-order valence-electron chi connectivity index (χ2n) is 5.47. The average Bonchev–Trinajstić information content (AvgIpc) is 2.53. The maximum absolute atomic E-state index is 12.8. The van der Waals surface area contributed by atoms with Gasteiger partial charge in [-0.1, -0.05) is 29.8 Å². The van der Waals surface area contributed by atoms with Gasteiger partial charge in [0.05, 0.1) is 17.9 Å². The van der Waals surface area contributed by atoms with Crippen LogP contribution in [0.3, 0.4) is 0 Å². The van der Waals surface area contributed by atoms with Crippen molar-refractivity contribution in [3.63, 3.8) is 0 Å². The van der Waals surface area contributed by atoms with Crippen molar-refractivity contribution in [1.29, 1.82) is 0 Å². The zero-order valence-electron chi connectivity index (χ0n) is 12.3. The molecule has 0 aliphatic carbocycles. The van der Waals surface area contributed by atoms with Gasteiger partial charge in [-0.3, -0.25) is 4.79 Å². The third kappa shape index (κ3) is 1.79. The van der Waals surface area contributed by atoms with E-state index in [1.807, 2.05) is 31.2 Å². The highest BCUT2D eigenvalue weighted by molar-refractivity contribution is 6.00. The van der Waals surface area contributed by atoms with E-state index in [0.29, 0.717) is 27.7 Å². The number of benzene rings is 3. The lowest BCUT2D eigenvalue weighted by Gasteiger charge is -2.07. The Morgan fingerprint density at radius 2 is 1.82 bits per heavy atom. The summed E-state index contributed by atoms with van der Waals surface area (Å²) in [6.07, 6.45) is 0. The summed E-state index contributed by atoms with van der Waals surface area (Å²) in [7, 11) is 1.57. The fraction of sp³-hybridized carbons (Fsp3) is 0.105. The molecule has 4 rings (SSSR count). The van der Waals surface area contributed by atoms with Gasteiger partial charge in [-0.05, 0) is 42.0 Å². The summed E-state index contributed by atoms with van der Waals surface area (Å²) in [4.78, 5) is 12.8. The van der Waals surface area contributed by atoms with Crippen LogP contribution in [0.4, 0.5) is 0 Å². The normalized spacial score (nSPS) is 11.4. The van der Waals surface area contributed by atoms with Gasteiger partial charge in [0, 0.05) is 0 Å². The molecule has 0 radical (unpaired) electrons. The van der Waals surface area contributed by atoms with Crippen LogP contribution < -0.4 is 10.2 Å². The number of methoxy groups -OCH3 is 1. The van der Waals surface area contributed by atoms with Gasteiger partial charge >= 0.3 is 0 Å². The first-order chi connectivity index (χ1) is 10.7. The third-order valence-corrected chi connectivity index (χ3v) is 3.99. The molecule has 0 N–H and O–H groups in total. The van der Waals surface area contributed by atoms with Crippen LogP contribution in [0.1, 0.15) is 5.56 Å². The summed E-state index contributed by atoms with van der Waals surface area (Å²) in [5, 5.41) is 3.23. The summed E-state index contributed by atoms with van der Waals surface area (Å²) >= 11 is 0. The Morgan fingerprint density at radius 3 is 2.64 bits per heavy atom. The third-order valence-electron chi connectivity index (χ3n) is 3.99. The molecule has 22 heavy (non-hydrogen) atoms. The lowest BCUT2D eigenvalue weighted by molar-refractivity contribution is 0.411. The predicted molar refractivity (Wildman–Crippen MR) is 88.8 cm³/mol. The van der Waals surface area contributed by atoms with Gasteiger partial charge in [0.25, 0.3) is 0 Å². The van der Waals surface area contributed by atoms with Crippen LogP contribution in [0.2, 0.25) is 0 Å². The molecule has 108 valence electrons. The standard InChI is InChI=1S/C19H14O3/c1-11-6-7-12-10-17-15(9-13(12)8-11)18(20)14-4-3-5-16(21-2)19(14)22-17/h3-10H,1-2H3. The van der Waals surface area contributed by atoms with E-state index >= 15 is 0 Å². The minimum absolute atomic E-state index is 0.0291. The van der Waals surface area contributed by atoms with Crippen LogP contribution in [-0.4, -0.2) is 7.11 Å². The molecule has 0 spiro atoms. The molecule has 3 heteroatoms. The van der Waals surface area contributed by atoms with Gasteiger partial charge in [0.2, 0.25) is 5.43 Å². The molecule has 3 aromatic carbocycles. The summed E-state index contributed by atoms with van der Waals surface area (Å²) in [5.41, 5.74) is 2.21. The Kier molecular flexibility index (Phi) is 2.70. The van der Waals surface area contributed by atoms with E-state index in [9.17, 15) is 4.79 Å². The number of para-hydroxylation sites is 1. The highest BCUT2D eigenvalue weighted by Gasteiger charge is 2.12. The molecule has 0 saturated carbocycles. The summed E-state index contributed by atoms with van der Waals surface area (Å²) in [6.45, 7) is 2.04. The number of hydrogen-bond donors (Lipinski definition) is 0. The lowest BCUT2D eigenvalue weighted by atomic mass is 10.0. The molecule has 0 aliphatic rings.